The number of aromatic nitrogens is 4. The average molecular weight is 227 g/mol. The maximum Gasteiger partial charge on any atom is 0.0881 e. The van der Waals surface area contributed by atoms with Crippen molar-refractivity contribution in [3.8, 4) is 0 Å². The first-order valence-electron chi connectivity index (χ1n) is 5.52. The fourth-order valence-corrected chi connectivity index (χ4v) is 1.91. The van der Waals surface area contributed by atoms with Crippen molar-refractivity contribution in [2.45, 2.75) is 13.0 Å². The van der Waals surface area contributed by atoms with Gasteiger partial charge in [0.05, 0.1) is 29.1 Å². The van der Waals surface area contributed by atoms with Gasteiger partial charge >= 0.3 is 0 Å². The molecule has 1 aromatic carbocycles. The molecule has 86 valence electrons. The molecule has 0 fully saturated rings. The molecule has 0 spiro atoms. The van der Waals surface area contributed by atoms with Crippen molar-refractivity contribution in [3.63, 3.8) is 0 Å². The quantitative estimate of drug-likeness (QED) is 0.643. The maximum absolute atomic E-state index is 4.05. The van der Waals surface area contributed by atoms with Gasteiger partial charge in [-0.05, 0) is 19.1 Å². The van der Waals surface area contributed by atoms with Crippen LogP contribution < -0.4 is 5.32 Å². The number of fused-ring (bicyclic) bond motifs is 1. The number of hydrogen-bond acceptors (Lipinski definition) is 3. The molecule has 1 unspecified atom stereocenters. The van der Waals surface area contributed by atoms with Crippen molar-refractivity contribution in [1.29, 1.82) is 0 Å². The molecule has 0 aliphatic heterocycles. The standard InChI is InChI=1S/C12H13N5/c1-8(10-5-6-13-16-10)15-11-4-2-3-9-7-14-17-12(9)11/h2-8,15H,1H3,(H,13,16)(H,14,17). The highest BCUT2D eigenvalue weighted by molar-refractivity contribution is 5.90. The second kappa shape index (κ2) is 3.93. The Hall–Kier alpha value is -2.30. The van der Waals surface area contributed by atoms with E-state index in [9.17, 15) is 0 Å². The minimum absolute atomic E-state index is 0.173. The van der Waals surface area contributed by atoms with E-state index < -0.39 is 0 Å². The molecule has 0 aliphatic rings. The molecule has 0 saturated carbocycles. The van der Waals surface area contributed by atoms with Gasteiger partial charge in [-0.3, -0.25) is 10.2 Å². The van der Waals surface area contributed by atoms with Crippen LogP contribution in [-0.4, -0.2) is 20.4 Å². The number of para-hydroxylation sites is 1. The van der Waals surface area contributed by atoms with Gasteiger partial charge in [0.1, 0.15) is 0 Å². The van der Waals surface area contributed by atoms with Crippen LogP contribution in [0.4, 0.5) is 5.69 Å². The van der Waals surface area contributed by atoms with Gasteiger partial charge in [-0.15, -0.1) is 0 Å². The van der Waals surface area contributed by atoms with Gasteiger partial charge in [-0.2, -0.15) is 10.2 Å². The van der Waals surface area contributed by atoms with Crippen molar-refractivity contribution in [3.05, 3.63) is 42.4 Å². The summed E-state index contributed by atoms with van der Waals surface area (Å²) >= 11 is 0. The Balaban J connectivity index is 1.92. The summed E-state index contributed by atoms with van der Waals surface area (Å²) in [6.07, 6.45) is 3.58. The van der Waals surface area contributed by atoms with Gasteiger partial charge < -0.3 is 5.32 Å². The lowest BCUT2D eigenvalue weighted by Gasteiger charge is -2.13. The van der Waals surface area contributed by atoms with Crippen LogP contribution in [0.15, 0.2) is 36.7 Å². The first kappa shape index (κ1) is 9.89. The zero-order chi connectivity index (χ0) is 11.7. The average Bonchev–Trinajstić information content (AvgIpc) is 3.00. The Morgan fingerprint density at radius 2 is 2.12 bits per heavy atom. The topological polar surface area (TPSA) is 69.4 Å². The van der Waals surface area contributed by atoms with Gasteiger partial charge in [0.15, 0.2) is 0 Å². The lowest BCUT2D eigenvalue weighted by Crippen LogP contribution is -2.07. The summed E-state index contributed by atoms with van der Waals surface area (Å²) in [5.41, 5.74) is 3.13. The fraction of sp³-hybridized carbons (Fsp3) is 0.167. The number of benzene rings is 1. The molecular formula is C12H13N5. The third kappa shape index (κ3) is 1.75. The summed E-state index contributed by atoms with van der Waals surface area (Å²) in [4.78, 5) is 0. The van der Waals surface area contributed by atoms with Gasteiger partial charge in [0.2, 0.25) is 0 Å². The molecule has 0 aliphatic carbocycles. The molecule has 3 rings (SSSR count). The van der Waals surface area contributed by atoms with Crippen LogP contribution in [0.1, 0.15) is 18.7 Å². The predicted octanol–water partition coefficient (Wildman–Crippen LogP) is 2.46. The van der Waals surface area contributed by atoms with E-state index >= 15 is 0 Å². The highest BCUT2D eigenvalue weighted by Crippen LogP contribution is 2.24. The third-order valence-electron chi connectivity index (χ3n) is 2.84. The first-order valence-corrected chi connectivity index (χ1v) is 5.52. The molecule has 3 N–H and O–H groups in total. The minimum Gasteiger partial charge on any atom is -0.375 e. The van der Waals surface area contributed by atoms with E-state index in [0.717, 1.165) is 22.3 Å². The molecule has 17 heavy (non-hydrogen) atoms. The molecule has 0 radical (unpaired) electrons. The molecule has 0 bridgehead atoms. The van der Waals surface area contributed by atoms with Crippen molar-refractivity contribution >= 4 is 16.6 Å². The Morgan fingerprint density at radius 3 is 2.94 bits per heavy atom. The Morgan fingerprint density at radius 1 is 1.18 bits per heavy atom. The molecular weight excluding hydrogens is 214 g/mol. The van der Waals surface area contributed by atoms with Gasteiger partial charge in [0.25, 0.3) is 0 Å². The number of nitrogens with zero attached hydrogens (tertiary/aromatic N) is 2. The molecule has 5 heteroatoms. The monoisotopic (exact) mass is 227 g/mol. The summed E-state index contributed by atoms with van der Waals surface area (Å²) in [7, 11) is 0. The summed E-state index contributed by atoms with van der Waals surface area (Å²) in [5.74, 6) is 0. The van der Waals surface area contributed by atoms with E-state index in [4.69, 9.17) is 0 Å². The number of hydrogen-bond donors (Lipinski definition) is 3. The number of nitrogens with one attached hydrogen (secondary N) is 3. The predicted molar refractivity (Wildman–Crippen MR) is 66.7 cm³/mol. The smallest absolute Gasteiger partial charge is 0.0881 e. The van der Waals surface area contributed by atoms with E-state index in [0.29, 0.717) is 0 Å². The molecule has 2 aromatic heterocycles. The van der Waals surface area contributed by atoms with Crippen molar-refractivity contribution in [2.24, 2.45) is 0 Å². The molecule has 1 atom stereocenters. The van der Waals surface area contributed by atoms with E-state index in [-0.39, 0.29) is 6.04 Å². The SMILES string of the molecule is CC(Nc1cccc2cn[nH]c12)c1ccn[nH]1. The molecule has 5 nitrogen and oxygen atoms in total. The lowest BCUT2D eigenvalue weighted by atomic mass is 10.2. The zero-order valence-corrected chi connectivity index (χ0v) is 9.44. The van der Waals surface area contributed by atoms with Crippen LogP contribution in [0, 0.1) is 0 Å². The van der Waals surface area contributed by atoms with Gasteiger partial charge in [0, 0.05) is 11.6 Å². The normalized spacial score (nSPS) is 12.8. The summed E-state index contributed by atoms with van der Waals surface area (Å²) in [6, 6.07) is 8.22. The molecule has 0 saturated heterocycles. The van der Waals surface area contributed by atoms with Crippen molar-refractivity contribution in [1.82, 2.24) is 20.4 Å². The first-order chi connectivity index (χ1) is 8.34. The fourth-order valence-electron chi connectivity index (χ4n) is 1.91. The Labute approximate surface area is 98.2 Å². The second-order valence-electron chi connectivity index (χ2n) is 4.02. The van der Waals surface area contributed by atoms with Crippen LogP contribution in [0.2, 0.25) is 0 Å². The van der Waals surface area contributed by atoms with Crippen LogP contribution in [0.3, 0.4) is 0 Å². The molecule has 3 aromatic rings. The number of rotatable bonds is 3. The Kier molecular flexibility index (Phi) is 2.29. The number of anilines is 1. The maximum atomic E-state index is 4.05. The lowest BCUT2D eigenvalue weighted by molar-refractivity contribution is 0.826. The van der Waals surface area contributed by atoms with E-state index in [1.54, 1.807) is 6.20 Å². The number of aromatic amines is 2. The van der Waals surface area contributed by atoms with Crippen molar-refractivity contribution in [2.75, 3.05) is 5.32 Å². The van der Waals surface area contributed by atoms with E-state index in [2.05, 4.69) is 32.6 Å². The summed E-state index contributed by atoms with van der Waals surface area (Å²) in [6.45, 7) is 2.09. The van der Waals surface area contributed by atoms with Gasteiger partial charge in [-0.25, -0.2) is 0 Å². The van der Waals surface area contributed by atoms with Crippen LogP contribution >= 0.6 is 0 Å². The highest BCUT2D eigenvalue weighted by Gasteiger charge is 2.09. The number of H-pyrrole nitrogens is 2. The minimum atomic E-state index is 0.173. The zero-order valence-electron chi connectivity index (χ0n) is 9.44. The molecule has 2 heterocycles. The van der Waals surface area contributed by atoms with E-state index in [1.165, 1.54) is 0 Å². The second-order valence-corrected chi connectivity index (χ2v) is 4.02. The van der Waals surface area contributed by atoms with Crippen molar-refractivity contribution < 1.29 is 0 Å². The third-order valence-corrected chi connectivity index (χ3v) is 2.84. The largest absolute Gasteiger partial charge is 0.375 e. The van der Waals surface area contributed by atoms with E-state index in [1.807, 2.05) is 30.5 Å². The molecule has 0 amide bonds. The highest BCUT2D eigenvalue weighted by atomic mass is 15.1. The summed E-state index contributed by atoms with van der Waals surface area (Å²) in [5, 5.41) is 18.5. The van der Waals surface area contributed by atoms with Crippen LogP contribution in [0.25, 0.3) is 10.9 Å². The van der Waals surface area contributed by atoms with Crippen LogP contribution in [0.5, 0.6) is 0 Å². The van der Waals surface area contributed by atoms with Crippen LogP contribution in [-0.2, 0) is 0 Å². The summed E-state index contributed by atoms with van der Waals surface area (Å²) < 4.78 is 0. The van der Waals surface area contributed by atoms with Gasteiger partial charge in [-0.1, -0.05) is 12.1 Å². The Bertz CT molecular complexity index is 611.